The molecular weight excluding hydrogens is 252 g/mol. The average molecular weight is 270 g/mol. The average Bonchev–Trinajstić information content (AvgIpc) is 2.49. The van der Waals surface area contributed by atoms with Crippen molar-refractivity contribution in [3.63, 3.8) is 0 Å². The second-order valence-corrected chi connectivity index (χ2v) is 4.55. The molecule has 0 spiro atoms. The van der Waals surface area contributed by atoms with Crippen LogP contribution in [-0.4, -0.2) is 22.6 Å². The summed E-state index contributed by atoms with van der Waals surface area (Å²) in [7, 11) is 0. The lowest BCUT2D eigenvalue weighted by Crippen LogP contribution is -2.19. The molecule has 0 amide bonds. The molecule has 0 fully saturated rings. The Balaban J connectivity index is 2.36. The second kappa shape index (κ2) is 6.70. The Morgan fingerprint density at radius 3 is 2.60 bits per heavy atom. The molecule has 1 N–H and O–H groups in total. The van der Waals surface area contributed by atoms with Crippen LogP contribution in [0.3, 0.4) is 0 Å². The van der Waals surface area contributed by atoms with Gasteiger partial charge >= 0.3 is 5.97 Å². The molecule has 0 saturated heterocycles. The number of anilines is 2. The van der Waals surface area contributed by atoms with Crippen molar-refractivity contribution in [3.05, 3.63) is 54.4 Å². The lowest BCUT2D eigenvalue weighted by molar-refractivity contribution is 0.0690. The highest BCUT2D eigenvalue weighted by Gasteiger charge is 2.12. The van der Waals surface area contributed by atoms with Crippen molar-refractivity contribution in [2.24, 2.45) is 0 Å². The van der Waals surface area contributed by atoms with Crippen LogP contribution in [0.5, 0.6) is 0 Å². The number of carboxylic acid groups (broad SMARTS) is 1. The molecule has 0 radical (unpaired) electrons. The van der Waals surface area contributed by atoms with E-state index in [1.807, 2.05) is 36.4 Å². The standard InChI is InChI=1S/C16H18N2O2/c1-2-3-11-18(13-7-5-4-6-8-13)14-9-10-17-15(12-14)16(19)20/h4-10,12H,2-3,11H2,1H3,(H,19,20). The molecule has 0 atom stereocenters. The van der Waals surface area contributed by atoms with Crippen molar-refractivity contribution >= 4 is 17.3 Å². The van der Waals surface area contributed by atoms with E-state index in [9.17, 15) is 4.79 Å². The number of rotatable bonds is 6. The summed E-state index contributed by atoms with van der Waals surface area (Å²) in [4.78, 5) is 17.0. The van der Waals surface area contributed by atoms with Crippen molar-refractivity contribution in [1.29, 1.82) is 0 Å². The molecule has 4 nitrogen and oxygen atoms in total. The van der Waals surface area contributed by atoms with Gasteiger partial charge in [-0.3, -0.25) is 0 Å². The number of carbonyl (C=O) groups is 1. The molecular formula is C16H18N2O2. The van der Waals surface area contributed by atoms with E-state index in [1.165, 1.54) is 0 Å². The van der Waals surface area contributed by atoms with Crippen LogP contribution in [0.1, 0.15) is 30.3 Å². The SMILES string of the molecule is CCCCN(c1ccccc1)c1ccnc(C(=O)O)c1. The van der Waals surface area contributed by atoms with E-state index in [0.29, 0.717) is 0 Å². The number of aromatic carboxylic acids is 1. The Bertz CT molecular complexity index is 570. The van der Waals surface area contributed by atoms with Crippen molar-refractivity contribution in [2.75, 3.05) is 11.4 Å². The van der Waals surface area contributed by atoms with Crippen LogP contribution in [0.25, 0.3) is 0 Å². The highest BCUT2D eigenvalue weighted by Crippen LogP contribution is 2.25. The lowest BCUT2D eigenvalue weighted by Gasteiger charge is -2.25. The minimum atomic E-state index is -1.00. The smallest absolute Gasteiger partial charge is 0.354 e. The zero-order valence-electron chi connectivity index (χ0n) is 11.5. The van der Waals surface area contributed by atoms with Gasteiger partial charge < -0.3 is 10.0 Å². The summed E-state index contributed by atoms with van der Waals surface area (Å²) in [6, 6.07) is 13.4. The number of nitrogens with zero attached hydrogens (tertiary/aromatic N) is 2. The van der Waals surface area contributed by atoms with E-state index in [4.69, 9.17) is 5.11 Å². The summed E-state index contributed by atoms with van der Waals surface area (Å²) in [6.45, 7) is 2.99. The predicted molar refractivity (Wildman–Crippen MR) is 79.6 cm³/mol. The zero-order valence-corrected chi connectivity index (χ0v) is 11.5. The third-order valence-electron chi connectivity index (χ3n) is 3.08. The van der Waals surface area contributed by atoms with Crippen LogP contribution < -0.4 is 4.90 Å². The van der Waals surface area contributed by atoms with Crippen molar-refractivity contribution in [3.8, 4) is 0 Å². The van der Waals surface area contributed by atoms with E-state index in [1.54, 1.807) is 12.3 Å². The lowest BCUT2D eigenvalue weighted by atomic mass is 10.2. The van der Waals surface area contributed by atoms with Gasteiger partial charge in [0.25, 0.3) is 0 Å². The molecule has 0 saturated carbocycles. The number of carboxylic acids is 1. The highest BCUT2D eigenvalue weighted by molar-refractivity contribution is 5.86. The molecule has 2 aromatic rings. The van der Waals surface area contributed by atoms with Crippen LogP contribution in [0.2, 0.25) is 0 Å². The highest BCUT2D eigenvalue weighted by atomic mass is 16.4. The Morgan fingerprint density at radius 2 is 1.95 bits per heavy atom. The van der Waals surface area contributed by atoms with Crippen LogP contribution in [0.4, 0.5) is 11.4 Å². The van der Waals surface area contributed by atoms with Crippen molar-refractivity contribution in [1.82, 2.24) is 4.98 Å². The van der Waals surface area contributed by atoms with Crippen molar-refractivity contribution < 1.29 is 9.90 Å². The Morgan fingerprint density at radius 1 is 1.20 bits per heavy atom. The molecule has 0 bridgehead atoms. The molecule has 0 aliphatic rings. The van der Waals surface area contributed by atoms with Gasteiger partial charge in [-0.05, 0) is 30.7 Å². The first-order chi connectivity index (χ1) is 9.72. The van der Waals surface area contributed by atoms with Crippen LogP contribution >= 0.6 is 0 Å². The van der Waals surface area contributed by atoms with E-state index >= 15 is 0 Å². The van der Waals surface area contributed by atoms with Crippen LogP contribution in [0, 0.1) is 0 Å². The first kappa shape index (κ1) is 14.1. The number of hydrogen-bond donors (Lipinski definition) is 1. The fourth-order valence-electron chi connectivity index (χ4n) is 2.04. The van der Waals surface area contributed by atoms with E-state index < -0.39 is 5.97 Å². The Kier molecular flexibility index (Phi) is 4.71. The number of pyridine rings is 1. The summed E-state index contributed by atoms with van der Waals surface area (Å²) >= 11 is 0. The maximum Gasteiger partial charge on any atom is 0.354 e. The first-order valence-electron chi connectivity index (χ1n) is 6.74. The summed E-state index contributed by atoms with van der Waals surface area (Å²) in [6.07, 6.45) is 3.67. The minimum Gasteiger partial charge on any atom is -0.477 e. The molecule has 0 aliphatic carbocycles. The molecule has 104 valence electrons. The zero-order chi connectivity index (χ0) is 14.4. The largest absolute Gasteiger partial charge is 0.477 e. The monoisotopic (exact) mass is 270 g/mol. The summed E-state index contributed by atoms with van der Waals surface area (Å²) in [5.41, 5.74) is 1.99. The summed E-state index contributed by atoms with van der Waals surface area (Å²) in [5, 5.41) is 9.06. The van der Waals surface area contributed by atoms with Gasteiger partial charge in [0.05, 0.1) is 0 Å². The Hall–Kier alpha value is -2.36. The fraction of sp³-hybridized carbons (Fsp3) is 0.250. The van der Waals surface area contributed by atoms with Gasteiger partial charge in [-0.25, -0.2) is 9.78 Å². The summed E-state index contributed by atoms with van der Waals surface area (Å²) in [5.74, 6) is -1.00. The first-order valence-corrected chi connectivity index (χ1v) is 6.74. The van der Waals surface area contributed by atoms with Gasteiger partial charge in [0.15, 0.2) is 0 Å². The molecule has 0 unspecified atom stereocenters. The predicted octanol–water partition coefficient (Wildman–Crippen LogP) is 3.72. The molecule has 0 aliphatic heterocycles. The molecule has 20 heavy (non-hydrogen) atoms. The van der Waals surface area contributed by atoms with Crippen LogP contribution in [0.15, 0.2) is 48.7 Å². The van der Waals surface area contributed by atoms with Crippen LogP contribution in [-0.2, 0) is 0 Å². The van der Waals surface area contributed by atoms with E-state index in [2.05, 4.69) is 16.8 Å². The summed E-state index contributed by atoms with van der Waals surface area (Å²) < 4.78 is 0. The van der Waals surface area contributed by atoms with Gasteiger partial charge in [0.1, 0.15) is 5.69 Å². The van der Waals surface area contributed by atoms with Gasteiger partial charge in [0.2, 0.25) is 0 Å². The van der Waals surface area contributed by atoms with Gasteiger partial charge in [-0.2, -0.15) is 0 Å². The fourth-order valence-corrected chi connectivity index (χ4v) is 2.04. The van der Waals surface area contributed by atoms with E-state index in [0.717, 1.165) is 30.8 Å². The van der Waals surface area contributed by atoms with E-state index in [-0.39, 0.29) is 5.69 Å². The molecule has 1 aromatic carbocycles. The third kappa shape index (κ3) is 3.35. The molecule has 2 rings (SSSR count). The second-order valence-electron chi connectivity index (χ2n) is 4.55. The quantitative estimate of drug-likeness (QED) is 0.869. The molecule has 4 heteroatoms. The maximum absolute atomic E-state index is 11.0. The Labute approximate surface area is 118 Å². The number of hydrogen-bond acceptors (Lipinski definition) is 3. The molecule has 1 heterocycles. The van der Waals surface area contributed by atoms with Gasteiger partial charge in [-0.15, -0.1) is 0 Å². The minimum absolute atomic E-state index is 0.0694. The maximum atomic E-state index is 11.0. The van der Waals surface area contributed by atoms with Gasteiger partial charge in [-0.1, -0.05) is 31.5 Å². The number of benzene rings is 1. The molecule has 1 aromatic heterocycles. The third-order valence-corrected chi connectivity index (χ3v) is 3.08. The topological polar surface area (TPSA) is 53.4 Å². The van der Waals surface area contributed by atoms with Gasteiger partial charge in [0, 0.05) is 24.1 Å². The van der Waals surface area contributed by atoms with Crippen molar-refractivity contribution in [2.45, 2.75) is 19.8 Å². The number of unbranched alkanes of at least 4 members (excludes halogenated alkanes) is 1. The normalized spacial score (nSPS) is 10.2. The number of aromatic nitrogens is 1. The number of para-hydroxylation sites is 1.